The van der Waals surface area contributed by atoms with Crippen LogP contribution >= 0.6 is 12.3 Å². The fraction of sp³-hybridized carbons (Fsp3) is 0.905. The lowest BCUT2D eigenvalue weighted by atomic mass is 9.68. The lowest BCUT2D eigenvalue weighted by Gasteiger charge is -2.47. The molecule has 0 radical (unpaired) electrons. The van der Waals surface area contributed by atoms with Crippen LogP contribution in [0.15, 0.2) is 0 Å². The molecule has 3 N–H and O–H groups in total. The SMILES string of the molecule is COC1C(OC(=O)NCCNC(=O)CNSF)CC[C@]2(CO2)C1C(C)(C)OCCC(C)C. The number of epoxide rings is 1. The molecule has 2 aliphatic rings. The van der Waals surface area contributed by atoms with Gasteiger partial charge in [0.1, 0.15) is 24.5 Å². The van der Waals surface area contributed by atoms with Crippen molar-refractivity contribution in [3.63, 3.8) is 0 Å². The van der Waals surface area contributed by atoms with E-state index in [0.29, 0.717) is 25.6 Å². The maximum absolute atomic E-state index is 12.3. The van der Waals surface area contributed by atoms with Gasteiger partial charge in [0.2, 0.25) is 5.91 Å². The van der Waals surface area contributed by atoms with E-state index in [2.05, 4.69) is 43.1 Å². The smallest absolute Gasteiger partial charge is 0.407 e. The topological polar surface area (TPSA) is 110 Å². The molecular formula is C21H38FN3O6S. The van der Waals surface area contributed by atoms with Gasteiger partial charge in [0.25, 0.3) is 0 Å². The monoisotopic (exact) mass is 479 g/mol. The molecule has 2 fully saturated rings. The third-order valence-electron chi connectivity index (χ3n) is 6.08. The number of hydrogen-bond acceptors (Lipinski definition) is 8. The molecule has 2 amide bonds. The summed E-state index contributed by atoms with van der Waals surface area (Å²) in [6.07, 6.45) is 0.982. The number of alkyl carbamates (subject to hydrolysis) is 1. The number of nitrogens with one attached hydrogen (secondary N) is 3. The third-order valence-corrected chi connectivity index (χ3v) is 6.33. The Balaban J connectivity index is 1.89. The summed E-state index contributed by atoms with van der Waals surface area (Å²) in [5.74, 6) is 0.0955. The number of halogens is 1. The number of carbonyl (C=O) groups excluding carboxylic acids is 2. The first-order valence-corrected chi connectivity index (χ1v) is 11.9. The largest absolute Gasteiger partial charge is 0.443 e. The van der Waals surface area contributed by atoms with E-state index in [9.17, 15) is 13.5 Å². The van der Waals surface area contributed by atoms with Crippen molar-refractivity contribution >= 4 is 24.3 Å². The van der Waals surface area contributed by atoms with Crippen LogP contribution in [0.4, 0.5) is 8.68 Å². The number of carbonyl (C=O) groups is 2. The Hall–Kier alpha value is -1.14. The normalized spacial score (nSPS) is 27.4. The van der Waals surface area contributed by atoms with Crippen molar-refractivity contribution in [2.24, 2.45) is 11.8 Å². The maximum atomic E-state index is 12.3. The van der Waals surface area contributed by atoms with E-state index >= 15 is 0 Å². The minimum Gasteiger partial charge on any atom is -0.443 e. The van der Waals surface area contributed by atoms with E-state index in [0.717, 1.165) is 12.8 Å². The van der Waals surface area contributed by atoms with E-state index in [-0.39, 0.29) is 55.5 Å². The number of rotatable bonds is 13. The van der Waals surface area contributed by atoms with Crippen LogP contribution in [0, 0.1) is 11.8 Å². The van der Waals surface area contributed by atoms with Crippen molar-refractivity contribution in [1.29, 1.82) is 0 Å². The van der Waals surface area contributed by atoms with E-state index in [1.165, 1.54) is 0 Å². The zero-order valence-corrected chi connectivity index (χ0v) is 20.5. The molecule has 2 rings (SSSR count). The van der Waals surface area contributed by atoms with Crippen molar-refractivity contribution in [3.05, 3.63) is 0 Å². The van der Waals surface area contributed by atoms with Gasteiger partial charge >= 0.3 is 6.09 Å². The predicted molar refractivity (Wildman–Crippen MR) is 120 cm³/mol. The quantitative estimate of drug-likeness (QED) is 0.210. The maximum Gasteiger partial charge on any atom is 0.407 e. The average molecular weight is 480 g/mol. The zero-order chi connectivity index (χ0) is 23.8. The Bertz CT molecular complexity index is 620. The summed E-state index contributed by atoms with van der Waals surface area (Å²) in [7, 11) is 1.62. The summed E-state index contributed by atoms with van der Waals surface area (Å²) in [6, 6.07) is 0. The van der Waals surface area contributed by atoms with E-state index in [1.807, 2.05) is 0 Å². The van der Waals surface area contributed by atoms with Crippen molar-refractivity contribution in [1.82, 2.24) is 15.4 Å². The van der Waals surface area contributed by atoms with Gasteiger partial charge in [-0.1, -0.05) is 13.8 Å². The number of amides is 2. The zero-order valence-electron chi connectivity index (χ0n) is 19.7. The Morgan fingerprint density at radius 1 is 1.28 bits per heavy atom. The minimum atomic E-state index is -0.575. The van der Waals surface area contributed by atoms with E-state index < -0.39 is 17.8 Å². The number of hydrogen-bond donors (Lipinski definition) is 3. The van der Waals surface area contributed by atoms with Gasteiger partial charge < -0.3 is 29.6 Å². The van der Waals surface area contributed by atoms with Gasteiger partial charge in [0.05, 0.1) is 24.4 Å². The lowest BCUT2D eigenvalue weighted by molar-refractivity contribution is -0.176. The standard InChI is InChI=1S/C21H38FN3O6S/c1-14(2)7-11-29-20(3,4)18-17(28-5)15(6-8-21(18)13-30-21)31-19(27)24-10-9-23-16(26)12-25-32-22/h14-15,17-18,25H,6-13H2,1-5H3,(H,23,26)(H,24,27)/t15?,17?,18?,21-/m0/s1. The van der Waals surface area contributed by atoms with Crippen LogP contribution in [-0.4, -0.2) is 75.4 Å². The lowest BCUT2D eigenvalue weighted by Crippen LogP contribution is -2.59. The Morgan fingerprint density at radius 2 is 1.97 bits per heavy atom. The molecule has 9 nitrogen and oxygen atoms in total. The molecule has 0 aromatic rings. The number of ether oxygens (including phenoxy) is 4. The average Bonchev–Trinajstić information content (AvgIpc) is 3.49. The van der Waals surface area contributed by atoms with E-state index in [4.69, 9.17) is 18.9 Å². The van der Waals surface area contributed by atoms with Crippen LogP contribution in [-0.2, 0) is 23.7 Å². The summed E-state index contributed by atoms with van der Waals surface area (Å²) in [5.41, 5.74) is -0.810. The molecule has 1 aliphatic heterocycles. The van der Waals surface area contributed by atoms with E-state index in [1.54, 1.807) is 7.11 Å². The minimum absolute atomic E-state index is 0.0844. The second kappa shape index (κ2) is 12.4. The Morgan fingerprint density at radius 3 is 2.56 bits per heavy atom. The summed E-state index contributed by atoms with van der Waals surface area (Å²) in [4.78, 5) is 23.8. The second-order valence-electron chi connectivity index (χ2n) is 9.32. The molecule has 3 unspecified atom stereocenters. The molecule has 1 heterocycles. The van der Waals surface area contributed by atoms with Crippen LogP contribution in [0.25, 0.3) is 0 Å². The first-order valence-electron chi connectivity index (χ1n) is 11.2. The van der Waals surface area contributed by atoms with Crippen LogP contribution < -0.4 is 15.4 Å². The molecule has 11 heteroatoms. The molecule has 0 bridgehead atoms. The molecule has 1 saturated heterocycles. The highest BCUT2D eigenvalue weighted by atomic mass is 32.2. The van der Waals surface area contributed by atoms with Crippen molar-refractivity contribution in [2.75, 3.05) is 40.0 Å². The highest BCUT2D eigenvalue weighted by Gasteiger charge is 2.64. The van der Waals surface area contributed by atoms with Crippen molar-refractivity contribution in [2.45, 2.75) is 70.4 Å². The Labute approximate surface area is 194 Å². The van der Waals surface area contributed by atoms with Crippen molar-refractivity contribution in [3.8, 4) is 0 Å². The summed E-state index contributed by atoms with van der Waals surface area (Å²) < 4.78 is 37.8. The van der Waals surface area contributed by atoms with Gasteiger partial charge in [-0.05, 0) is 39.0 Å². The molecule has 1 saturated carbocycles. The van der Waals surface area contributed by atoms with Gasteiger partial charge in [-0.2, -0.15) is 0 Å². The van der Waals surface area contributed by atoms with Crippen LogP contribution in [0.5, 0.6) is 0 Å². The summed E-state index contributed by atoms with van der Waals surface area (Å²) >= 11 is -0.123. The third kappa shape index (κ3) is 7.72. The predicted octanol–water partition coefficient (Wildman–Crippen LogP) is 2.36. The van der Waals surface area contributed by atoms with Gasteiger partial charge in [-0.3, -0.25) is 4.79 Å². The highest BCUT2D eigenvalue weighted by molar-refractivity contribution is 7.92. The molecule has 4 atom stereocenters. The van der Waals surface area contributed by atoms with Gasteiger partial charge in [-0.25, -0.2) is 9.52 Å². The first-order chi connectivity index (χ1) is 15.1. The second-order valence-corrected chi connectivity index (χ2v) is 9.77. The molecule has 32 heavy (non-hydrogen) atoms. The van der Waals surface area contributed by atoms with Gasteiger partial charge in [0, 0.05) is 32.7 Å². The van der Waals surface area contributed by atoms with Gasteiger partial charge in [0.15, 0.2) is 0 Å². The molecule has 1 spiro atoms. The molecule has 0 aromatic carbocycles. The van der Waals surface area contributed by atoms with Gasteiger partial charge in [-0.15, -0.1) is 3.89 Å². The Kier molecular flexibility index (Phi) is 10.5. The molecular weight excluding hydrogens is 441 g/mol. The summed E-state index contributed by atoms with van der Waals surface area (Å²) in [6.45, 7) is 9.98. The molecule has 0 aromatic heterocycles. The van der Waals surface area contributed by atoms with Crippen LogP contribution in [0.2, 0.25) is 0 Å². The first kappa shape index (κ1) is 27.1. The fourth-order valence-corrected chi connectivity index (χ4v) is 4.61. The fourth-order valence-electron chi connectivity index (χ4n) is 4.43. The van der Waals surface area contributed by atoms with Crippen LogP contribution in [0.3, 0.4) is 0 Å². The number of methoxy groups -OCH3 is 1. The molecule has 1 aliphatic carbocycles. The van der Waals surface area contributed by atoms with Crippen LogP contribution in [0.1, 0.15) is 47.0 Å². The van der Waals surface area contributed by atoms with Crippen molar-refractivity contribution < 1.29 is 32.4 Å². The summed E-state index contributed by atoms with van der Waals surface area (Å²) in [5, 5.41) is 5.19. The highest BCUT2D eigenvalue weighted by Crippen LogP contribution is 2.52. The molecule has 186 valence electrons.